The molecule has 0 amide bonds. The molecule has 0 saturated heterocycles. The Morgan fingerprint density at radius 1 is 0.219 bits per heavy atom. The highest BCUT2D eigenvalue weighted by Gasteiger charge is 2.17. The monoisotopic (exact) mass is 826 g/mol. The van der Waals surface area contributed by atoms with Gasteiger partial charge in [0.15, 0.2) is 0 Å². The third-order valence-electron chi connectivity index (χ3n) is 10.7. The second-order valence-electron chi connectivity index (χ2n) is 15.0. The normalized spacial score (nSPS) is 10.3. The van der Waals surface area contributed by atoms with E-state index in [1.807, 2.05) is 48.5 Å². The molecule has 0 aliphatic carbocycles. The standard InChI is InChI=1S/2C24H19N.C12H12N2/c2*1-4-12-20(13-5-1)23-18-10-11-19-24(23)25(21-14-6-2-7-15-21)22-16-8-3-9-17-22;13-11-8-4-7-10(12(11)14)9-5-2-1-3-6-9/h2*1-19H;1-8H,13-14H2. The second kappa shape index (κ2) is 21.3. The molecule has 0 unspecified atom stereocenters. The summed E-state index contributed by atoms with van der Waals surface area (Å²) in [5.41, 5.74) is 26.8. The molecule has 4 heteroatoms. The lowest BCUT2D eigenvalue weighted by Crippen LogP contribution is -2.10. The molecule has 0 bridgehead atoms. The van der Waals surface area contributed by atoms with Gasteiger partial charge >= 0.3 is 0 Å². The molecule has 10 rings (SSSR count). The SMILES string of the molecule is Nc1cccc(-c2ccccc2)c1N.c1ccc(-c2ccccc2N(c2ccccc2)c2ccccc2)cc1.c1ccc(-c2ccccc2N(c2ccccc2)c2ccccc2)cc1. The highest BCUT2D eigenvalue weighted by Crippen LogP contribution is 2.42. The zero-order chi connectivity index (χ0) is 43.8. The van der Waals surface area contributed by atoms with Gasteiger partial charge in [0.25, 0.3) is 0 Å². The molecule has 0 aromatic heterocycles. The van der Waals surface area contributed by atoms with E-state index in [0.717, 1.165) is 33.9 Å². The minimum atomic E-state index is 0.631. The van der Waals surface area contributed by atoms with Crippen molar-refractivity contribution in [1.82, 2.24) is 0 Å². The molecule has 10 aromatic rings. The number of anilines is 8. The minimum Gasteiger partial charge on any atom is -0.397 e. The van der Waals surface area contributed by atoms with Crippen LogP contribution in [0.4, 0.5) is 45.5 Å². The first-order valence-electron chi connectivity index (χ1n) is 21.4. The van der Waals surface area contributed by atoms with Crippen LogP contribution in [0, 0.1) is 0 Å². The van der Waals surface area contributed by atoms with Gasteiger partial charge in [-0.3, -0.25) is 0 Å². The van der Waals surface area contributed by atoms with Gasteiger partial charge in [0.2, 0.25) is 0 Å². The fraction of sp³-hybridized carbons (Fsp3) is 0. The highest BCUT2D eigenvalue weighted by molar-refractivity contribution is 5.89. The number of nitrogens with zero attached hydrogens (tertiary/aromatic N) is 2. The summed E-state index contributed by atoms with van der Waals surface area (Å²) in [4.78, 5) is 4.62. The molecule has 0 fully saturated rings. The number of rotatable bonds is 9. The van der Waals surface area contributed by atoms with E-state index >= 15 is 0 Å². The summed E-state index contributed by atoms with van der Waals surface area (Å²) in [6, 6.07) is 95.9. The van der Waals surface area contributed by atoms with E-state index in [0.29, 0.717) is 11.4 Å². The van der Waals surface area contributed by atoms with Crippen molar-refractivity contribution in [3.05, 3.63) is 279 Å². The van der Waals surface area contributed by atoms with E-state index in [1.165, 1.54) is 33.6 Å². The van der Waals surface area contributed by atoms with Gasteiger partial charge in [0.1, 0.15) is 0 Å². The molecule has 4 N–H and O–H groups in total. The van der Waals surface area contributed by atoms with Gasteiger partial charge in [-0.25, -0.2) is 0 Å². The molecule has 0 aliphatic rings. The Morgan fingerprint density at radius 3 is 0.797 bits per heavy atom. The molecule has 0 heterocycles. The van der Waals surface area contributed by atoms with Crippen LogP contribution < -0.4 is 21.3 Å². The Labute approximate surface area is 377 Å². The van der Waals surface area contributed by atoms with Crippen LogP contribution in [0.15, 0.2) is 279 Å². The zero-order valence-corrected chi connectivity index (χ0v) is 35.6. The Balaban J connectivity index is 0.000000137. The van der Waals surface area contributed by atoms with Crippen molar-refractivity contribution in [2.75, 3.05) is 21.3 Å². The van der Waals surface area contributed by atoms with E-state index in [4.69, 9.17) is 11.5 Å². The van der Waals surface area contributed by atoms with E-state index < -0.39 is 0 Å². The van der Waals surface area contributed by atoms with Gasteiger partial charge in [-0.15, -0.1) is 0 Å². The largest absolute Gasteiger partial charge is 0.397 e. The maximum absolute atomic E-state index is 5.89. The molecule has 0 atom stereocenters. The van der Waals surface area contributed by atoms with Crippen LogP contribution in [0.3, 0.4) is 0 Å². The first-order chi connectivity index (χ1) is 31.7. The molecule has 0 radical (unpaired) electrons. The fourth-order valence-electron chi connectivity index (χ4n) is 7.68. The average molecular weight is 827 g/mol. The number of benzene rings is 10. The average Bonchev–Trinajstić information content (AvgIpc) is 3.38. The summed E-state index contributed by atoms with van der Waals surface area (Å²) in [6.07, 6.45) is 0. The third-order valence-corrected chi connectivity index (χ3v) is 10.7. The second-order valence-corrected chi connectivity index (χ2v) is 15.0. The molecule has 0 spiro atoms. The number of nitrogens with two attached hydrogens (primary N) is 2. The van der Waals surface area contributed by atoms with Crippen LogP contribution in [0.2, 0.25) is 0 Å². The number of hydrogen-bond acceptors (Lipinski definition) is 4. The summed E-state index contributed by atoms with van der Waals surface area (Å²) in [6.45, 7) is 0. The van der Waals surface area contributed by atoms with Crippen LogP contribution in [0.5, 0.6) is 0 Å². The Hall–Kier alpha value is -8.60. The minimum absolute atomic E-state index is 0.631. The van der Waals surface area contributed by atoms with Crippen molar-refractivity contribution in [2.45, 2.75) is 0 Å². The van der Waals surface area contributed by atoms with Crippen molar-refractivity contribution in [2.24, 2.45) is 0 Å². The number of nitrogen functional groups attached to an aromatic ring is 2. The summed E-state index contributed by atoms with van der Waals surface area (Å²) in [5.74, 6) is 0. The first kappa shape index (κ1) is 42.1. The topological polar surface area (TPSA) is 58.5 Å². The van der Waals surface area contributed by atoms with Gasteiger partial charge in [-0.2, -0.15) is 0 Å². The van der Waals surface area contributed by atoms with Crippen LogP contribution in [-0.4, -0.2) is 0 Å². The Morgan fingerprint density at radius 2 is 0.469 bits per heavy atom. The van der Waals surface area contributed by atoms with Crippen LogP contribution >= 0.6 is 0 Å². The summed E-state index contributed by atoms with van der Waals surface area (Å²) >= 11 is 0. The molecule has 4 nitrogen and oxygen atoms in total. The molecule has 0 saturated carbocycles. The van der Waals surface area contributed by atoms with E-state index in [9.17, 15) is 0 Å². The lowest BCUT2D eigenvalue weighted by Gasteiger charge is -2.27. The van der Waals surface area contributed by atoms with E-state index in [2.05, 4.69) is 240 Å². The van der Waals surface area contributed by atoms with Gasteiger partial charge in [-0.1, -0.05) is 212 Å². The van der Waals surface area contributed by atoms with E-state index in [-0.39, 0.29) is 0 Å². The smallest absolute Gasteiger partial charge is 0.0627 e. The maximum Gasteiger partial charge on any atom is 0.0627 e. The van der Waals surface area contributed by atoms with Crippen LogP contribution in [0.1, 0.15) is 0 Å². The molecule has 64 heavy (non-hydrogen) atoms. The molecule has 10 aromatic carbocycles. The molecular formula is C60H50N4. The van der Waals surface area contributed by atoms with Crippen LogP contribution in [0.25, 0.3) is 33.4 Å². The number of hydrogen-bond donors (Lipinski definition) is 2. The maximum atomic E-state index is 5.89. The van der Waals surface area contributed by atoms with Crippen LogP contribution in [-0.2, 0) is 0 Å². The lowest BCUT2D eigenvalue weighted by molar-refractivity contribution is 1.28. The van der Waals surface area contributed by atoms with Crippen molar-refractivity contribution in [3.8, 4) is 33.4 Å². The number of para-hydroxylation sites is 7. The third kappa shape index (κ3) is 10.3. The van der Waals surface area contributed by atoms with Crippen molar-refractivity contribution >= 4 is 45.5 Å². The summed E-state index contributed by atoms with van der Waals surface area (Å²) < 4.78 is 0. The van der Waals surface area contributed by atoms with Gasteiger partial charge in [-0.05, 0) is 83.4 Å². The van der Waals surface area contributed by atoms with Gasteiger partial charge in [0, 0.05) is 39.4 Å². The van der Waals surface area contributed by atoms with Crippen molar-refractivity contribution < 1.29 is 0 Å². The van der Waals surface area contributed by atoms with Gasteiger partial charge in [0.05, 0.1) is 22.7 Å². The fourth-order valence-corrected chi connectivity index (χ4v) is 7.68. The van der Waals surface area contributed by atoms with Crippen molar-refractivity contribution in [3.63, 3.8) is 0 Å². The van der Waals surface area contributed by atoms with Gasteiger partial charge < -0.3 is 21.3 Å². The summed E-state index contributed by atoms with van der Waals surface area (Å²) in [7, 11) is 0. The zero-order valence-electron chi connectivity index (χ0n) is 35.6. The molecular weight excluding hydrogens is 777 g/mol. The summed E-state index contributed by atoms with van der Waals surface area (Å²) in [5, 5.41) is 0. The predicted octanol–water partition coefficient (Wildman–Crippen LogP) is 16.2. The highest BCUT2D eigenvalue weighted by atomic mass is 15.1. The Kier molecular flexibility index (Phi) is 14.0. The molecule has 310 valence electrons. The molecule has 0 aliphatic heterocycles. The lowest BCUT2D eigenvalue weighted by atomic mass is 10.0. The quantitative estimate of drug-likeness (QED) is 0.142. The Bertz CT molecular complexity index is 2690. The predicted molar refractivity (Wildman–Crippen MR) is 274 cm³/mol. The van der Waals surface area contributed by atoms with E-state index in [1.54, 1.807) is 0 Å². The van der Waals surface area contributed by atoms with Crippen molar-refractivity contribution in [1.29, 1.82) is 0 Å². The first-order valence-corrected chi connectivity index (χ1v) is 21.4.